The molecule has 3 N–H and O–H groups in total. The molecule has 1 aromatic carbocycles. The lowest BCUT2D eigenvalue weighted by Gasteiger charge is -2.12. The van der Waals surface area contributed by atoms with Crippen molar-refractivity contribution in [2.24, 2.45) is 5.73 Å². The van der Waals surface area contributed by atoms with Crippen molar-refractivity contribution in [3.05, 3.63) is 29.6 Å². The molecular weight excluding hydrogens is 253 g/mol. The molecule has 1 rings (SSSR count). The molecule has 0 saturated heterocycles. The Bertz CT molecular complexity index is 473. The molecule has 1 atom stereocenters. The van der Waals surface area contributed by atoms with Crippen molar-refractivity contribution >= 4 is 23.4 Å². The number of carbonyl (C=O) groups is 1. The number of nitrogens with zero attached hydrogens (tertiary/aromatic N) is 1. The van der Waals surface area contributed by atoms with Crippen LogP contribution in [-0.4, -0.2) is 24.0 Å². The van der Waals surface area contributed by atoms with Gasteiger partial charge in [0.1, 0.15) is 11.9 Å². The Balaban J connectivity index is 2.73. The Morgan fingerprint density at radius 2 is 2.39 bits per heavy atom. The van der Waals surface area contributed by atoms with Crippen molar-refractivity contribution in [3.8, 4) is 6.07 Å². The molecule has 0 bridgehead atoms. The smallest absolute Gasteiger partial charge is 0.241 e. The maximum atomic E-state index is 12.9. The first-order chi connectivity index (χ1) is 8.58. The summed E-state index contributed by atoms with van der Waals surface area (Å²) in [5.41, 5.74) is 6.05. The van der Waals surface area contributed by atoms with Crippen molar-refractivity contribution in [2.45, 2.75) is 12.5 Å². The van der Waals surface area contributed by atoms with Gasteiger partial charge in [-0.05, 0) is 36.6 Å². The number of amides is 1. The molecule has 0 heterocycles. The van der Waals surface area contributed by atoms with Gasteiger partial charge in [-0.25, -0.2) is 4.39 Å². The van der Waals surface area contributed by atoms with Gasteiger partial charge < -0.3 is 11.1 Å². The molecule has 0 unspecified atom stereocenters. The van der Waals surface area contributed by atoms with Gasteiger partial charge in [-0.1, -0.05) is 0 Å². The molecule has 1 aromatic rings. The number of hydrogen-bond acceptors (Lipinski definition) is 4. The van der Waals surface area contributed by atoms with Gasteiger partial charge in [0.2, 0.25) is 5.91 Å². The van der Waals surface area contributed by atoms with E-state index >= 15 is 0 Å². The summed E-state index contributed by atoms with van der Waals surface area (Å²) in [7, 11) is 0. The van der Waals surface area contributed by atoms with Crippen LogP contribution in [-0.2, 0) is 4.79 Å². The summed E-state index contributed by atoms with van der Waals surface area (Å²) in [5, 5.41) is 11.4. The number of hydrogen-bond donors (Lipinski definition) is 2. The van der Waals surface area contributed by atoms with Crippen LogP contribution < -0.4 is 11.1 Å². The summed E-state index contributed by atoms with van der Waals surface area (Å²) in [6.45, 7) is 0. The third-order valence-electron chi connectivity index (χ3n) is 2.33. The van der Waals surface area contributed by atoms with E-state index < -0.39 is 11.9 Å². The van der Waals surface area contributed by atoms with Gasteiger partial charge >= 0.3 is 0 Å². The van der Waals surface area contributed by atoms with Crippen molar-refractivity contribution in [2.75, 3.05) is 17.3 Å². The van der Waals surface area contributed by atoms with Crippen molar-refractivity contribution in [1.29, 1.82) is 5.26 Å². The average Bonchev–Trinajstić information content (AvgIpc) is 2.37. The van der Waals surface area contributed by atoms with Gasteiger partial charge in [-0.15, -0.1) is 0 Å². The highest BCUT2D eigenvalue weighted by atomic mass is 32.2. The zero-order chi connectivity index (χ0) is 13.5. The number of halogens is 1. The number of anilines is 1. The van der Waals surface area contributed by atoms with Gasteiger partial charge in [0.05, 0.1) is 17.3 Å². The van der Waals surface area contributed by atoms with E-state index in [1.54, 1.807) is 11.8 Å². The van der Waals surface area contributed by atoms with E-state index in [4.69, 9.17) is 11.0 Å². The molecule has 0 aliphatic heterocycles. The van der Waals surface area contributed by atoms with Crippen LogP contribution >= 0.6 is 11.8 Å². The quantitative estimate of drug-likeness (QED) is 0.851. The van der Waals surface area contributed by atoms with Crippen LogP contribution in [0.15, 0.2) is 18.2 Å². The van der Waals surface area contributed by atoms with Crippen molar-refractivity contribution in [3.63, 3.8) is 0 Å². The number of carbonyl (C=O) groups excluding carboxylic acids is 1. The number of benzene rings is 1. The van der Waals surface area contributed by atoms with Crippen LogP contribution in [0.1, 0.15) is 12.0 Å². The first kappa shape index (κ1) is 14.5. The molecule has 0 spiro atoms. The lowest BCUT2D eigenvalue weighted by atomic mass is 10.1. The van der Waals surface area contributed by atoms with E-state index in [9.17, 15) is 9.18 Å². The van der Waals surface area contributed by atoms with Crippen LogP contribution in [0.5, 0.6) is 0 Å². The van der Waals surface area contributed by atoms with Gasteiger partial charge in [0, 0.05) is 0 Å². The topological polar surface area (TPSA) is 78.9 Å². The Kier molecular flexibility index (Phi) is 5.62. The summed E-state index contributed by atoms with van der Waals surface area (Å²) in [6.07, 6.45) is 2.48. The molecule has 1 amide bonds. The fraction of sp³-hybridized carbons (Fsp3) is 0.333. The molecule has 0 aliphatic rings. The Morgan fingerprint density at radius 3 is 3.00 bits per heavy atom. The first-order valence-electron chi connectivity index (χ1n) is 5.33. The molecule has 0 aromatic heterocycles. The molecule has 18 heavy (non-hydrogen) atoms. The molecule has 6 heteroatoms. The molecule has 4 nitrogen and oxygen atoms in total. The predicted octanol–water partition coefficient (Wildman–Crippen LogP) is 1.72. The zero-order valence-electron chi connectivity index (χ0n) is 9.94. The number of nitrogens with one attached hydrogen (secondary N) is 1. The maximum absolute atomic E-state index is 12.9. The summed E-state index contributed by atoms with van der Waals surface area (Å²) in [5.74, 6) is -0.105. The van der Waals surface area contributed by atoms with Crippen LogP contribution in [0.25, 0.3) is 0 Å². The van der Waals surface area contributed by atoms with Gasteiger partial charge in [-0.2, -0.15) is 17.0 Å². The van der Waals surface area contributed by atoms with E-state index in [1.165, 1.54) is 12.1 Å². The third kappa shape index (κ3) is 4.02. The van der Waals surface area contributed by atoms with E-state index in [0.29, 0.717) is 6.42 Å². The highest BCUT2D eigenvalue weighted by molar-refractivity contribution is 7.98. The SMILES string of the molecule is CSCC[C@H](N)C(=O)Nc1ccc(F)cc1C#N. The third-order valence-corrected chi connectivity index (χ3v) is 2.97. The molecule has 0 aliphatic carbocycles. The maximum Gasteiger partial charge on any atom is 0.241 e. The summed E-state index contributed by atoms with van der Waals surface area (Å²) >= 11 is 1.60. The fourth-order valence-corrected chi connectivity index (χ4v) is 1.81. The fourth-order valence-electron chi connectivity index (χ4n) is 1.32. The minimum absolute atomic E-state index is 0.0837. The summed E-state index contributed by atoms with van der Waals surface area (Å²) < 4.78 is 12.9. The second-order valence-electron chi connectivity index (χ2n) is 3.68. The van der Waals surface area contributed by atoms with Crippen LogP contribution in [0.2, 0.25) is 0 Å². The van der Waals surface area contributed by atoms with Gasteiger partial charge in [0.25, 0.3) is 0 Å². The molecule has 0 fully saturated rings. The number of thioether (sulfide) groups is 1. The second kappa shape index (κ2) is 6.99. The largest absolute Gasteiger partial charge is 0.324 e. The Labute approximate surface area is 109 Å². The lowest BCUT2D eigenvalue weighted by Crippen LogP contribution is -2.36. The van der Waals surface area contributed by atoms with Gasteiger partial charge in [-0.3, -0.25) is 4.79 Å². The van der Waals surface area contributed by atoms with E-state index in [0.717, 1.165) is 11.8 Å². The Hall–Kier alpha value is -1.58. The zero-order valence-corrected chi connectivity index (χ0v) is 10.8. The Morgan fingerprint density at radius 1 is 1.67 bits per heavy atom. The predicted molar refractivity (Wildman–Crippen MR) is 70.7 cm³/mol. The van der Waals surface area contributed by atoms with E-state index in [2.05, 4.69) is 5.32 Å². The van der Waals surface area contributed by atoms with Crippen LogP contribution in [0.3, 0.4) is 0 Å². The van der Waals surface area contributed by atoms with E-state index in [-0.39, 0.29) is 17.2 Å². The molecular formula is C12H14FN3OS. The number of rotatable bonds is 5. The number of nitrogens with two attached hydrogens (primary N) is 1. The first-order valence-corrected chi connectivity index (χ1v) is 6.73. The highest BCUT2D eigenvalue weighted by Gasteiger charge is 2.14. The normalized spacial score (nSPS) is 11.7. The standard InChI is InChI=1S/C12H14FN3OS/c1-18-5-4-10(15)12(17)16-11-3-2-9(13)6-8(11)7-14/h2-3,6,10H,4-5,15H2,1H3,(H,16,17)/t10-/m0/s1. The molecule has 96 valence electrons. The summed E-state index contributed by atoms with van der Waals surface area (Å²) in [6, 6.07) is 4.80. The van der Waals surface area contributed by atoms with Crippen molar-refractivity contribution in [1.82, 2.24) is 0 Å². The number of nitriles is 1. The molecule has 0 saturated carbocycles. The minimum Gasteiger partial charge on any atom is -0.324 e. The average molecular weight is 267 g/mol. The van der Waals surface area contributed by atoms with Gasteiger partial charge in [0.15, 0.2) is 0 Å². The monoisotopic (exact) mass is 267 g/mol. The lowest BCUT2D eigenvalue weighted by molar-refractivity contribution is -0.117. The highest BCUT2D eigenvalue weighted by Crippen LogP contribution is 2.16. The molecule has 0 radical (unpaired) electrons. The van der Waals surface area contributed by atoms with E-state index in [1.807, 2.05) is 12.3 Å². The minimum atomic E-state index is -0.631. The van der Waals surface area contributed by atoms with Crippen molar-refractivity contribution < 1.29 is 9.18 Å². The van der Waals surface area contributed by atoms with Crippen LogP contribution in [0.4, 0.5) is 10.1 Å². The summed E-state index contributed by atoms with van der Waals surface area (Å²) in [4.78, 5) is 11.7. The second-order valence-corrected chi connectivity index (χ2v) is 4.66. The van der Waals surface area contributed by atoms with Crippen LogP contribution in [0, 0.1) is 17.1 Å².